The van der Waals surface area contributed by atoms with Crippen molar-refractivity contribution >= 4 is 23.5 Å². The van der Waals surface area contributed by atoms with E-state index in [4.69, 9.17) is 4.74 Å². The van der Waals surface area contributed by atoms with Crippen LogP contribution in [0.15, 0.2) is 42.5 Å². The highest BCUT2D eigenvalue weighted by molar-refractivity contribution is 5.99. The van der Waals surface area contributed by atoms with Gasteiger partial charge in [-0.1, -0.05) is 12.1 Å². The Bertz CT molecular complexity index is 914. The van der Waals surface area contributed by atoms with Crippen LogP contribution in [0, 0.1) is 15.9 Å². The molecule has 146 valence electrons. The SMILES string of the molecule is CCOC(=O)c1cc(C(=O)NNC(=O)Cc2ccc(F)cc2)cc([N+](=O)[O-])c1. The van der Waals surface area contributed by atoms with E-state index in [1.807, 2.05) is 0 Å². The molecule has 0 aromatic heterocycles. The van der Waals surface area contributed by atoms with Crippen LogP contribution in [0.5, 0.6) is 0 Å². The summed E-state index contributed by atoms with van der Waals surface area (Å²) in [6.45, 7) is 1.63. The van der Waals surface area contributed by atoms with Crippen LogP contribution in [0.4, 0.5) is 10.1 Å². The highest BCUT2D eigenvalue weighted by atomic mass is 19.1. The third-order valence-corrected chi connectivity index (χ3v) is 3.50. The lowest BCUT2D eigenvalue weighted by atomic mass is 10.1. The van der Waals surface area contributed by atoms with Gasteiger partial charge < -0.3 is 4.74 Å². The maximum atomic E-state index is 12.9. The lowest BCUT2D eigenvalue weighted by Gasteiger charge is -2.09. The number of halogens is 1. The Kier molecular flexibility index (Phi) is 6.74. The van der Waals surface area contributed by atoms with Gasteiger partial charge in [-0.25, -0.2) is 9.18 Å². The predicted molar refractivity (Wildman–Crippen MR) is 94.8 cm³/mol. The predicted octanol–water partition coefficient (Wildman–Crippen LogP) is 1.91. The maximum Gasteiger partial charge on any atom is 0.338 e. The largest absolute Gasteiger partial charge is 0.462 e. The molecule has 2 rings (SSSR count). The van der Waals surface area contributed by atoms with Crippen molar-refractivity contribution in [3.05, 3.63) is 75.1 Å². The molecule has 2 N–H and O–H groups in total. The molecule has 0 fully saturated rings. The van der Waals surface area contributed by atoms with Crippen molar-refractivity contribution in [1.29, 1.82) is 0 Å². The third kappa shape index (κ3) is 5.59. The summed E-state index contributed by atoms with van der Waals surface area (Å²) in [6, 6.07) is 8.30. The van der Waals surface area contributed by atoms with Crippen molar-refractivity contribution in [2.75, 3.05) is 6.61 Å². The summed E-state index contributed by atoms with van der Waals surface area (Å²) in [5.41, 5.74) is 3.92. The minimum atomic E-state index is -0.860. The van der Waals surface area contributed by atoms with Crippen LogP contribution in [-0.2, 0) is 16.0 Å². The van der Waals surface area contributed by atoms with Gasteiger partial charge in [0.25, 0.3) is 11.6 Å². The van der Waals surface area contributed by atoms with Crippen molar-refractivity contribution in [2.45, 2.75) is 13.3 Å². The summed E-state index contributed by atoms with van der Waals surface area (Å²) in [5.74, 6) is -2.71. The monoisotopic (exact) mass is 389 g/mol. The molecule has 0 aliphatic rings. The molecule has 0 saturated heterocycles. The Morgan fingerprint density at radius 2 is 1.71 bits per heavy atom. The average molecular weight is 389 g/mol. The van der Waals surface area contributed by atoms with Gasteiger partial charge >= 0.3 is 5.97 Å². The second-order valence-electron chi connectivity index (χ2n) is 5.55. The number of non-ortho nitro benzene ring substituents is 1. The lowest BCUT2D eigenvalue weighted by molar-refractivity contribution is -0.384. The van der Waals surface area contributed by atoms with Crippen LogP contribution in [0.1, 0.15) is 33.2 Å². The fourth-order valence-corrected chi connectivity index (χ4v) is 2.21. The summed E-state index contributed by atoms with van der Waals surface area (Å²) < 4.78 is 17.6. The average Bonchev–Trinajstić information content (AvgIpc) is 2.67. The van der Waals surface area contributed by atoms with E-state index in [9.17, 15) is 28.9 Å². The summed E-state index contributed by atoms with van der Waals surface area (Å²) in [5, 5.41) is 11.0. The molecule has 0 radical (unpaired) electrons. The van der Waals surface area contributed by atoms with E-state index in [0.29, 0.717) is 5.56 Å². The van der Waals surface area contributed by atoms with Gasteiger partial charge in [0, 0.05) is 17.7 Å². The van der Waals surface area contributed by atoms with Crippen LogP contribution in [0.2, 0.25) is 0 Å². The Hall–Kier alpha value is -3.82. The van der Waals surface area contributed by atoms with E-state index in [1.54, 1.807) is 6.92 Å². The number of carbonyl (C=O) groups excluding carboxylic acids is 3. The zero-order valence-corrected chi connectivity index (χ0v) is 14.7. The number of carbonyl (C=O) groups is 3. The molecule has 0 bridgehead atoms. The van der Waals surface area contributed by atoms with E-state index in [0.717, 1.165) is 18.2 Å². The highest BCUT2D eigenvalue weighted by Gasteiger charge is 2.19. The number of rotatable bonds is 6. The molecule has 0 aliphatic carbocycles. The van der Waals surface area contributed by atoms with Crippen molar-refractivity contribution < 1.29 is 28.4 Å². The number of hydrogen-bond acceptors (Lipinski definition) is 6. The van der Waals surface area contributed by atoms with Crippen LogP contribution in [0.3, 0.4) is 0 Å². The van der Waals surface area contributed by atoms with Gasteiger partial charge in [0.15, 0.2) is 0 Å². The molecule has 0 saturated carbocycles. The molecule has 0 heterocycles. The number of nitrogens with one attached hydrogen (secondary N) is 2. The Balaban J connectivity index is 2.07. The minimum Gasteiger partial charge on any atom is -0.462 e. The van der Waals surface area contributed by atoms with Gasteiger partial charge in [-0.05, 0) is 30.7 Å². The van der Waals surface area contributed by atoms with E-state index < -0.39 is 34.2 Å². The number of nitro benzene ring substituents is 1. The molecule has 0 unspecified atom stereocenters. The van der Waals surface area contributed by atoms with E-state index >= 15 is 0 Å². The molecule has 2 aromatic rings. The third-order valence-electron chi connectivity index (χ3n) is 3.50. The van der Waals surface area contributed by atoms with Crippen LogP contribution < -0.4 is 10.9 Å². The van der Waals surface area contributed by atoms with Gasteiger partial charge in [0.2, 0.25) is 5.91 Å². The second kappa shape index (κ2) is 9.21. The minimum absolute atomic E-state index is 0.0580. The summed E-state index contributed by atoms with van der Waals surface area (Å²) in [4.78, 5) is 46.2. The van der Waals surface area contributed by atoms with Crippen molar-refractivity contribution in [3.63, 3.8) is 0 Å². The first-order chi connectivity index (χ1) is 13.3. The normalized spacial score (nSPS) is 10.1. The standard InChI is InChI=1S/C18H16FN3O6/c1-2-28-18(25)13-8-12(9-15(10-13)22(26)27)17(24)21-20-16(23)7-11-3-5-14(19)6-4-11/h3-6,8-10H,2,7H2,1H3,(H,20,23)(H,21,24). The molecular weight excluding hydrogens is 373 g/mol. The Morgan fingerprint density at radius 1 is 1.07 bits per heavy atom. The first-order valence-corrected chi connectivity index (χ1v) is 8.10. The topological polar surface area (TPSA) is 128 Å². The molecule has 9 nitrogen and oxygen atoms in total. The quantitative estimate of drug-likeness (QED) is 0.441. The molecular formula is C18H16FN3O6. The number of nitrogens with zero attached hydrogens (tertiary/aromatic N) is 1. The number of esters is 1. The van der Waals surface area contributed by atoms with Crippen molar-refractivity contribution in [1.82, 2.24) is 10.9 Å². The van der Waals surface area contributed by atoms with Gasteiger partial charge in [-0.15, -0.1) is 0 Å². The zero-order chi connectivity index (χ0) is 20.7. The number of benzene rings is 2. The first-order valence-electron chi connectivity index (χ1n) is 8.10. The van der Waals surface area contributed by atoms with Crippen molar-refractivity contribution in [3.8, 4) is 0 Å². The molecule has 0 aliphatic heterocycles. The van der Waals surface area contributed by atoms with Gasteiger partial charge in [-0.2, -0.15) is 0 Å². The van der Waals surface area contributed by atoms with Crippen LogP contribution in [-0.4, -0.2) is 29.3 Å². The number of hydrazine groups is 1. The highest BCUT2D eigenvalue weighted by Crippen LogP contribution is 2.18. The van der Waals surface area contributed by atoms with E-state index in [1.165, 1.54) is 24.3 Å². The van der Waals surface area contributed by atoms with Gasteiger partial charge in [0.05, 0.1) is 23.5 Å². The summed E-state index contributed by atoms with van der Waals surface area (Å²) >= 11 is 0. The number of amides is 2. The number of ether oxygens (including phenoxy) is 1. The smallest absolute Gasteiger partial charge is 0.338 e. The fourth-order valence-electron chi connectivity index (χ4n) is 2.21. The zero-order valence-electron chi connectivity index (χ0n) is 14.7. The van der Waals surface area contributed by atoms with Crippen LogP contribution in [0.25, 0.3) is 0 Å². The fraction of sp³-hybridized carbons (Fsp3) is 0.167. The molecule has 28 heavy (non-hydrogen) atoms. The van der Waals surface area contributed by atoms with Crippen LogP contribution >= 0.6 is 0 Å². The number of hydrogen-bond donors (Lipinski definition) is 2. The first kappa shape index (κ1) is 20.5. The molecule has 0 atom stereocenters. The lowest BCUT2D eigenvalue weighted by Crippen LogP contribution is -2.42. The molecule has 2 amide bonds. The van der Waals surface area contributed by atoms with Gasteiger partial charge in [0.1, 0.15) is 5.82 Å². The van der Waals surface area contributed by atoms with Gasteiger partial charge in [-0.3, -0.25) is 30.6 Å². The van der Waals surface area contributed by atoms with E-state index in [2.05, 4.69) is 10.9 Å². The summed E-state index contributed by atoms with van der Waals surface area (Å²) in [6.07, 6.45) is -0.121. The second-order valence-corrected chi connectivity index (χ2v) is 5.55. The molecule has 2 aromatic carbocycles. The van der Waals surface area contributed by atoms with Crippen molar-refractivity contribution in [2.24, 2.45) is 0 Å². The van der Waals surface area contributed by atoms with E-state index in [-0.39, 0.29) is 24.2 Å². The Morgan fingerprint density at radius 3 is 2.32 bits per heavy atom. The summed E-state index contributed by atoms with van der Waals surface area (Å²) in [7, 11) is 0. The number of nitro groups is 1. The Labute approximate surface area is 158 Å². The maximum absolute atomic E-state index is 12.9. The molecule has 10 heteroatoms. The molecule has 0 spiro atoms.